The van der Waals surface area contributed by atoms with Gasteiger partial charge in [-0.05, 0) is 68.2 Å². The number of nitrogens with zero attached hydrogens (tertiary/aromatic N) is 1. The smallest absolute Gasteiger partial charge is 0.400 e. The Kier molecular flexibility index (Phi) is 5.96. The van der Waals surface area contributed by atoms with Crippen LogP contribution in [0.1, 0.15) is 79.4 Å². The molecule has 2 aromatic rings. The molecule has 5 heteroatoms. The number of hydrogen-bond donors (Lipinski definition) is 0. The van der Waals surface area contributed by atoms with E-state index in [1.165, 1.54) is 24.0 Å². The molecular weight excluding hydrogens is 549 g/mol. The first-order valence-electron chi connectivity index (χ1n) is 10.7. The standard InChI is InChI=1S/C25H33BNO2.Ir/c1-22(2)12-13-23(3,4)20-16-27-21(15-19(20)22)17-10-9-11-18(14-17)26-28-24(5,6)25(7,8)29-26;/h9,11,14-16H,12-13H2,1-8H3;/q-1;. The average molecular weight is 583 g/mol. The molecule has 0 unspecified atom stereocenters. The summed E-state index contributed by atoms with van der Waals surface area (Å²) in [6, 6.07) is 11.7. The quantitative estimate of drug-likeness (QED) is 0.361. The third-order valence-corrected chi connectivity index (χ3v) is 7.36. The van der Waals surface area contributed by atoms with Gasteiger partial charge in [0.15, 0.2) is 0 Å². The van der Waals surface area contributed by atoms with Crippen LogP contribution < -0.4 is 5.46 Å². The van der Waals surface area contributed by atoms with Crippen LogP contribution in [0.5, 0.6) is 0 Å². The minimum atomic E-state index is -0.374. The summed E-state index contributed by atoms with van der Waals surface area (Å²) in [5.74, 6) is 0. The van der Waals surface area contributed by atoms with Gasteiger partial charge in [-0.25, -0.2) is 0 Å². The van der Waals surface area contributed by atoms with Crippen molar-refractivity contribution in [2.24, 2.45) is 0 Å². The Bertz CT molecular complexity index is 936. The van der Waals surface area contributed by atoms with Gasteiger partial charge in [0.25, 0.3) is 0 Å². The molecule has 0 bridgehead atoms. The fourth-order valence-corrected chi connectivity index (χ4v) is 4.35. The van der Waals surface area contributed by atoms with E-state index in [4.69, 9.17) is 14.3 Å². The Labute approximate surface area is 195 Å². The maximum Gasteiger partial charge on any atom is 0.475 e. The van der Waals surface area contributed by atoms with Crippen LogP contribution in [0.25, 0.3) is 11.3 Å². The molecule has 1 aromatic heterocycles. The topological polar surface area (TPSA) is 31.4 Å². The van der Waals surface area contributed by atoms with E-state index in [1.807, 2.05) is 12.1 Å². The molecule has 1 aromatic carbocycles. The minimum absolute atomic E-state index is 0. The molecule has 1 aliphatic heterocycles. The third kappa shape index (κ3) is 3.95. The predicted molar refractivity (Wildman–Crippen MR) is 120 cm³/mol. The van der Waals surface area contributed by atoms with Crippen molar-refractivity contribution in [3.63, 3.8) is 0 Å². The van der Waals surface area contributed by atoms with Crippen molar-refractivity contribution < 1.29 is 29.4 Å². The monoisotopic (exact) mass is 583 g/mol. The van der Waals surface area contributed by atoms with E-state index in [9.17, 15) is 0 Å². The first-order valence-corrected chi connectivity index (χ1v) is 10.7. The summed E-state index contributed by atoms with van der Waals surface area (Å²) in [7, 11) is -0.374. The summed E-state index contributed by atoms with van der Waals surface area (Å²) < 4.78 is 12.5. The van der Waals surface area contributed by atoms with E-state index in [2.05, 4.69) is 79.8 Å². The van der Waals surface area contributed by atoms with Gasteiger partial charge >= 0.3 is 7.12 Å². The van der Waals surface area contributed by atoms with E-state index in [1.54, 1.807) is 0 Å². The van der Waals surface area contributed by atoms with Crippen LogP contribution >= 0.6 is 0 Å². The molecule has 0 atom stereocenters. The molecule has 0 spiro atoms. The predicted octanol–water partition coefficient (Wildman–Crippen LogP) is 5.19. The summed E-state index contributed by atoms with van der Waals surface area (Å²) in [4.78, 5) is 4.84. The van der Waals surface area contributed by atoms with Crippen molar-refractivity contribution in [3.8, 4) is 11.3 Å². The normalized spacial score (nSPS) is 22.9. The zero-order valence-electron chi connectivity index (χ0n) is 19.5. The molecule has 2 heterocycles. The molecule has 1 aliphatic carbocycles. The van der Waals surface area contributed by atoms with Gasteiger partial charge in [-0.1, -0.05) is 33.8 Å². The van der Waals surface area contributed by atoms with Crippen molar-refractivity contribution in [2.75, 3.05) is 0 Å². The Morgan fingerprint density at radius 2 is 1.43 bits per heavy atom. The van der Waals surface area contributed by atoms with Crippen molar-refractivity contribution in [1.82, 2.24) is 4.98 Å². The molecular formula is C25H33BIrNO2-. The van der Waals surface area contributed by atoms with Gasteiger partial charge in [-0.15, -0.1) is 35.3 Å². The summed E-state index contributed by atoms with van der Waals surface area (Å²) in [6.45, 7) is 17.7. The first-order chi connectivity index (χ1) is 13.3. The van der Waals surface area contributed by atoms with E-state index >= 15 is 0 Å². The number of fused-ring (bicyclic) bond motifs is 1. The molecule has 0 N–H and O–H groups in total. The van der Waals surface area contributed by atoms with Gasteiger partial charge in [0, 0.05) is 26.3 Å². The van der Waals surface area contributed by atoms with Gasteiger partial charge in [-0.2, -0.15) is 0 Å². The second-order valence-electron chi connectivity index (χ2n) is 11.0. The Hall–Kier alpha value is -0.996. The summed E-state index contributed by atoms with van der Waals surface area (Å²) in [5.41, 5.74) is 5.38. The van der Waals surface area contributed by atoms with Gasteiger partial charge < -0.3 is 14.3 Å². The molecule has 3 nitrogen and oxygen atoms in total. The zero-order valence-corrected chi connectivity index (χ0v) is 21.9. The van der Waals surface area contributed by atoms with Crippen LogP contribution in [-0.4, -0.2) is 23.3 Å². The third-order valence-electron chi connectivity index (χ3n) is 7.36. The van der Waals surface area contributed by atoms with E-state index in [0.717, 1.165) is 16.7 Å². The number of hydrogen-bond acceptors (Lipinski definition) is 3. The number of benzene rings is 1. The summed E-state index contributed by atoms with van der Waals surface area (Å²) >= 11 is 0. The van der Waals surface area contributed by atoms with Crippen LogP contribution in [0.3, 0.4) is 0 Å². The fourth-order valence-electron chi connectivity index (χ4n) is 4.35. The van der Waals surface area contributed by atoms with E-state index in [0.29, 0.717) is 0 Å². The molecule has 4 rings (SSSR count). The number of aromatic nitrogens is 1. The molecule has 0 saturated carbocycles. The SMILES string of the molecule is CC1(C)CCC(C)(C)c2cc(-c3[c-]ccc(B4OC(C)(C)C(C)(C)O4)c3)ncc21.[Ir]. The second-order valence-corrected chi connectivity index (χ2v) is 11.0. The Morgan fingerprint density at radius 1 is 0.867 bits per heavy atom. The van der Waals surface area contributed by atoms with Crippen molar-refractivity contribution in [2.45, 2.75) is 90.3 Å². The molecule has 0 amide bonds. The Balaban J connectivity index is 0.00000256. The first kappa shape index (κ1) is 23.7. The van der Waals surface area contributed by atoms with E-state index in [-0.39, 0.29) is 49.3 Å². The van der Waals surface area contributed by atoms with Crippen LogP contribution in [0.2, 0.25) is 0 Å². The minimum Gasteiger partial charge on any atom is -0.400 e. The molecule has 1 fully saturated rings. The van der Waals surface area contributed by atoms with Crippen LogP contribution in [0, 0.1) is 6.07 Å². The largest absolute Gasteiger partial charge is 0.475 e. The zero-order chi connectivity index (χ0) is 21.2. The van der Waals surface area contributed by atoms with Crippen LogP contribution in [0.4, 0.5) is 0 Å². The number of rotatable bonds is 2. The van der Waals surface area contributed by atoms with Crippen molar-refractivity contribution in [1.29, 1.82) is 0 Å². The van der Waals surface area contributed by atoms with Crippen molar-refractivity contribution in [3.05, 3.63) is 47.7 Å². The van der Waals surface area contributed by atoms with Gasteiger partial charge in [0.1, 0.15) is 0 Å². The maximum atomic E-state index is 6.24. The molecule has 1 radical (unpaired) electrons. The van der Waals surface area contributed by atoms with Gasteiger partial charge in [0.2, 0.25) is 0 Å². The molecule has 30 heavy (non-hydrogen) atoms. The molecule has 2 aliphatic rings. The maximum absolute atomic E-state index is 6.24. The number of pyridine rings is 1. The van der Waals surface area contributed by atoms with Gasteiger partial charge in [-0.3, -0.25) is 0 Å². The fraction of sp³-hybridized carbons (Fsp3) is 0.560. The molecule has 1 saturated heterocycles. The Morgan fingerprint density at radius 3 is 2.03 bits per heavy atom. The average Bonchev–Trinajstić information content (AvgIpc) is 2.86. The summed E-state index contributed by atoms with van der Waals surface area (Å²) in [6.07, 6.45) is 4.46. The summed E-state index contributed by atoms with van der Waals surface area (Å²) in [5, 5.41) is 0. The van der Waals surface area contributed by atoms with Crippen LogP contribution in [0.15, 0.2) is 30.5 Å². The van der Waals surface area contributed by atoms with E-state index < -0.39 is 0 Å². The molecule has 163 valence electrons. The van der Waals surface area contributed by atoms with Crippen LogP contribution in [-0.2, 0) is 40.2 Å². The van der Waals surface area contributed by atoms with Gasteiger partial charge in [0.05, 0.1) is 11.2 Å². The van der Waals surface area contributed by atoms with Crippen molar-refractivity contribution >= 4 is 12.6 Å². The second kappa shape index (κ2) is 7.55.